The quantitative estimate of drug-likeness (QED) is 0.286. The van der Waals surface area contributed by atoms with Crippen LogP contribution in [0.5, 0.6) is 5.75 Å². The number of morpholine rings is 1. The van der Waals surface area contributed by atoms with Gasteiger partial charge in [-0.05, 0) is 43.7 Å². The first-order valence-electron chi connectivity index (χ1n) is 13.4. The molecule has 7 rings (SSSR count). The van der Waals surface area contributed by atoms with E-state index in [-0.39, 0.29) is 17.3 Å². The molecule has 41 heavy (non-hydrogen) atoms. The number of aromatic nitrogens is 5. The maximum absolute atomic E-state index is 12.6. The third-order valence-electron chi connectivity index (χ3n) is 7.40. The third-order valence-corrected chi connectivity index (χ3v) is 9.42. The number of thioether (sulfide) groups is 1. The smallest absolute Gasteiger partial charge is 0.234 e. The molecule has 0 spiro atoms. The van der Waals surface area contributed by atoms with Crippen molar-refractivity contribution >= 4 is 66.6 Å². The van der Waals surface area contributed by atoms with Crippen molar-refractivity contribution in [2.75, 3.05) is 49.4 Å². The first kappa shape index (κ1) is 26.4. The number of carbonyl (C=O) groups is 1. The van der Waals surface area contributed by atoms with Gasteiger partial charge in [0.05, 0.1) is 43.8 Å². The van der Waals surface area contributed by atoms with Gasteiger partial charge in [-0.25, -0.2) is 9.97 Å². The lowest BCUT2D eigenvalue weighted by atomic mass is 9.90. The molecule has 0 bridgehead atoms. The van der Waals surface area contributed by atoms with Crippen molar-refractivity contribution in [2.24, 2.45) is 0 Å². The highest BCUT2D eigenvalue weighted by Gasteiger charge is 2.33. The maximum atomic E-state index is 12.6. The number of hydrogen-bond acceptors (Lipinski definition) is 11. The van der Waals surface area contributed by atoms with Crippen LogP contribution in [-0.4, -0.2) is 75.2 Å². The summed E-state index contributed by atoms with van der Waals surface area (Å²) in [5.41, 5.74) is 4.41. The fourth-order valence-corrected chi connectivity index (χ4v) is 7.20. The highest BCUT2D eigenvalue weighted by molar-refractivity contribution is 7.99. The Morgan fingerprint density at radius 1 is 1.17 bits per heavy atom. The zero-order valence-electron chi connectivity index (χ0n) is 23.0. The number of carbonyl (C=O) groups excluding carboxylic acids is 1. The number of amides is 1. The summed E-state index contributed by atoms with van der Waals surface area (Å²) in [5.74, 6) is 1.76. The molecule has 1 N–H and O–H groups in total. The molecule has 0 unspecified atom stereocenters. The molecule has 1 aromatic carbocycles. The predicted molar refractivity (Wildman–Crippen MR) is 159 cm³/mol. The number of methoxy groups -OCH3 is 1. The second kappa shape index (κ2) is 10.4. The summed E-state index contributed by atoms with van der Waals surface area (Å²) in [6, 6.07) is 7.22. The molecule has 4 aromatic heterocycles. The van der Waals surface area contributed by atoms with Crippen LogP contribution in [0.25, 0.3) is 26.1 Å². The van der Waals surface area contributed by atoms with Gasteiger partial charge in [0, 0.05) is 36.1 Å². The second-order valence-corrected chi connectivity index (χ2v) is 12.6. The van der Waals surface area contributed by atoms with Crippen LogP contribution < -0.4 is 15.0 Å². The van der Waals surface area contributed by atoms with E-state index in [0.29, 0.717) is 36.3 Å². The molecule has 1 amide bonds. The lowest BCUT2D eigenvalue weighted by molar-refractivity contribution is -0.113. The lowest BCUT2D eigenvalue weighted by Gasteiger charge is -2.36. The monoisotopic (exact) mass is 591 g/mol. The number of benzene rings is 1. The first-order valence-corrected chi connectivity index (χ1v) is 15.2. The standard InChI is InChI=1S/C28H29N7O4S2/c1-28(2)12-18-19(13-39-28)24(34-8-10-38-11-9-34)31-26-21(18)22-23(41-26)25-32-33-27(35(25)15-29-22)40-14-20(36)30-16-4-6-17(37-3)7-5-16/h4-7,15H,8-14H2,1-3H3,(H,30,36). The van der Waals surface area contributed by atoms with Crippen molar-refractivity contribution in [1.29, 1.82) is 0 Å². The Balaban J connectivity index is 1.23. The van der Waals surface area contributed by atoms with Crippen LogP contribution >= 0.6 is 23.1 Å². The minimum Gasteiger partial charge on any atom is -0.497 e. The molecule has 6 heterocycles. The Hall–Kier alpha value is -3.52. The number of anilines is 2. The molecule has 2 aliphatic heterocycles. The number of fused-ring (bicyclic) bond motifs is 7. The highest BCUT2D eigenvalue weighted by atomic mass is 32.2. The summed E-state index contributed by atoms with van der Waals surface area (Å²) < 4.78 is 19.8. The van der Waals surface area contributed by atoms with E-state index in [1.807, 2.05) is 4.40 Å². The number of thiophene rings is 1. The van der Waals surface area contributed by atoms with Crippen LogP contribution in [0.3, 0.4) is 0 Å². The summed E-state index contributed by atoms with van der Waals surface area (Å²) in [6.45, 7) is 7.76. The van der Waals surface area contributed by atoms with E-state index in [1.54, 1.807) is 49.0 Å². The maximum Gasteiger partial charge on any atom is 0.234 e. The van der Waals surface area contributed by atoms with E-state index in [1.165, 1.54) is 17.3 Å². The number of rotatable bonds is 6. The van der Waals surface area contributed by atoms with Crippen LogP contribution in [0, 0.1) is 0 Å². The van der Waals surface area contributed by atoms with Crippen molar-refractivity contribution in [3.63, 3.8) is 0 Å². The minimum absolute atomic E-state index is 0.135. The van der Waals surface area contributed by atoms with E-state index in [9.17, 15) is 4.79 Å². The Labute approximate surface area is 244 Å². The average Bonchev–Trinajstić information content (AvgIpc) is 3.57. The Morgan fingerprint density at radius 3 is 2.76 bits per heavy atom. The molecule has 1 saturated heterocycles. The summed E-state index contributed by atoms with van der Waals surface area (Å²) in [4.78, 5) is 25.9. The Morgan fingerprint density at radius 2 is 1.98 bits per heavy atom. The van der Waals surface area contributed by atoms with E-state index in [2.05, 4.69) is 34.3 Å². The lowest BCUT2D eigenvalue weighted by Crippen LogP contribution is -2.39. The molecule has 0 aliphatic carbocycles. The van der Waals surface area contributed by atoms with Crippen molar-refractivity contribution in [1.82, 2.24) is 24.6 Å². The van der Waals surface area contributed by atoms with Crippen LogP contribution in [0.4, 0.5) is 11.5 Å². The van der Waals surface area contributed by atoms with Gasteiger partial charge in [0.2, 0.25) is 5.91 Å². The fourth-order valence-electron chi connectivity index (χ4n) is 5.36. The molecule has 13 heteroatoms. The van der Waals surface area contributed by atoms with Gasteiger partial charge in [0.1, 0.15) is 27.4 Å². The zero-order valence-corrected chi connectivity index (χ0v) is 24.6. The van der Waals surface area contributed by atoms with Gasteiger partial charge in [-0.3, -0.25) is 9.20 Å². The third kappa shape index (κ3) is 4.86. The van der Waals surface area contributed by atoms with Gasteiger partial charge in [-0.15, -0.1) is 21.5 Å². The number of nitrogens with one attached hydrogen (secondary N) is 1. The van der Waals surface area contributed by atoms with Gasteiger partial charge in [0.25, 0.3) is 0 Å². The van der Waals surface area contributed by atoms with Gasteiger partial charge in [-0.1, -0.05) is 11.8 Å². The molecule has 0 saturated carbocycles. The number of ether oxygens (including phenoxy) is 3. The van der Waals surface area contributed by atoms with Crippen LogP contribution in [0.15, 0.2) is 35.7 Å². The molecule has 1 fully saturated rings. The molecule has 0 radical (unpaired) electrons. The average molecular weight is 592 g/mol. The summed E-state index contributed by atoms with van der Waals surface area (Å²) in [5, 5.41) is 13.5. The van der Waals surface area contributed by atoms with Crippen molar-refractivity contribution in [3.05, 3.63) is 41.7 Å². The second-order valence-electron chi connectivity index (χ2n) is 10.7. The fraction of sp³-hybridized carbons (Fsp3) is 0.393. The molecular weight excluding hydrogens is 562 g/mol. The van der Waals surface area contributed by atoms with Gasteiger partial charge in [-0.2, -0.15) is 0 Å². The molecular formula is C28H29N7O4S2. The SMILES string of the molecule is COc1ccc(NC(=O)CSc2nnc3c4sc5nc(N6CCOCC6)c6c(c5c4ncn23)CC(C)(C)OC6)cc1. The minimum atomic E-state index is -0.285. The van der Waals surface area contributed by atoms with Gasteiger partial charge < -0.3 is 24.4 Å². The van der Waals surface area contributed by atoms with Crippen LogP contribution in [0.1, 0.15) is 25.0 Å². The zero-order chi connectivity index (χ0) is 28.1. The van der Waals surface area contributed by atoms with Crippen molar-refractivity contribution < 1.29 is 19.0 Å². The van der Waals surface area contributed by atoms with Crippen LogP contribution in [-0.2, 0) is 27.3 Å². The number of nitrogens with zero attached hydrogens (tertiary/aromatic N) is 6. The van der Waals surface area contributed by atoms with Gasteiger partial charge >= 0.3 is 0 Å². The Kier molecular flexibility index (Phi) is 6.69. The summed E-state index contributed by atoms with van der Waals surface area (Å²) >= 11 is 2.91. The largest absolute Gasteiger partial charge is 0.497 e. The van der Waals surface area contributed by atoms with Crippen LogP contribution in [0.2, 0.25) is 0 Å². The number of hydrogen-bond donors (Lipinski definition) is 1. The van der Waals surface area contributed by atoms with Gasteiger partial charge in [0.15, 0.2) is 10.8 Å². The molecule has 11 nitrogen and oxygen atoms in total. The molecule has 5 aromatic rings. The van der Waals surface area contributed by atoms with E-state index >= 15 is 0 Å². The Bertz CT molecular complexity index is 1780. The van der Waals surface area contributed by atoms with Crippen molar-refractivity contribution in [3.8, 4) is 5.75 Å². The highest BCUT2D eigenvalue weighted by Crippen LogP contribution is 2.43. The van der Waals surface area contributed by atoms with Crippen molar-refractivity contribution in [2.45, 2.75) is 37.6 Å². The predicted octanol–water partition coefficient (Wildman–Crippen LogP) is 4.31. The molecule has 2 aliphatic rings. The normalized spacial score (nSPS) is 16.8. The summed E-state index contributed by atoms with van der Waals surface area (Å²) in [6.07, 6.45) is 2.52. The van der Waals surface area contributed by atoms with E-state index in [4.69, 9.17) is 24.2 Å². The van der Waals surface area contributed by atoms with E-state index in [0.717, 1.165) is 57.1 Å². The number of pyridine rings is 1. The molecule has 0 atom stereocenters. The topological polar surface area (TPSA) is 116 Å². The first-order chi connectivity index (χ1) is 19.9. The molecule has 212 valence electrons. The van der Waals surface area contributed by atoms with E-state index < -0.39 is 0 Å². The summed E-state index contributed by atoms with van der Waals surface area (Å²) in [7, 11) is 1.61.